The fourth-order valence-electron chi connectivity index (χ4n) is 3.64. The molecule has 0 heterocycles. The van der Waals surface area contributed by atoms with Gasteiger partial charge in [-0.25, -0.2) is 13.2 Å². The predicted octanol–water partition coefficient (Wildman–Crippen LogP) is 3.22. The Labute approximate surface area is 245 Å². The molecule has 2 amide bonds. The molecule has 1 atom stereocenters. The van der Waals surface area contributed by atoms with Crippen molar-refractivity contribution in [3.63, 3.8) is 0 Å². The van der Waals surface area contributed by atoms with Crippen LogP contribution in [0.15, 0.2) is 83.8 Å². The van der Waals surface area contributed by atoms with Crippen LogP contribution in [-0.4, -0.2) is 52.4 Å². The maximum Gasteiger partial charge on any atom is 0.328 e. The second kappa shape index (κ2) is 16.2. The quantitative estimate of drug-likeness (QED) is 0.161. The smallest absolute Gasteiger partial charge is 0.328 e. The number of nitrogens with one attached hydrogen (secondary N) is 3. The van der Waals surface area contributed by atoms with Crippen molar-refractivity contribution in [1.82, 2.24) is 10.6 Å². The largest absolute Gasteiger partial charge is 0.467 e. The van der Waals surface area contributed by atoms with Gasteiger partial charge >= 0.3 is 5.97 Å². The number of nitrogens with two attached hydrogens (primary N) is 1. The number of anilines is 1. The molecular formula is C28H33ClN4O7S. The van der Waals surface area contributed by atoms with Gasteiger partial charge in [-0.05, 0) is 74.3 Å². The van der Waals surface area contributed by atoms with E-state index in [4.69, 9.17) is 15.2 Å². The third kappa shape index (κ3) is 10.1. The number of methoxy groups -OCH3 is 1. The van der Waals surface area contributed by atoms with Crippen molar-refractivity contribution >= 4 is 45.9 Å². The van der Waals surface area contributed by atoms with Crippen LogP contribution in [0, 0.1) is 0 Å². The molecule has 0 radical (unpaired) electrons. The van der Waals surface area contributed by atoms with E-state index in [2.05, 4.69) is 15.4 Å². The monoisotopic (exact) mass is 604 g/mol. The summed E-state index contributed by atoms with van der Waals surface area (Å²) in [6.45, 7) is 0.0764. The van der Waals surface area contributed by atoms with Crippen molar-refractivity contribution in [2.75, 3.05) is 24.9 Å². The SMILES string of the molecule is COC(=O)[C@H](CCCCN)NC(=O)CNC(=O)c1ccc(S(=O)(=O)Nc2ccccc2Oc2ccccc2)cc1.Cl. The van der Waals surface area contributed by atoms with Gasteiger partial charge < -0.3 is 25.8 Å². The minimum atomic E-state index is -4.01. The number of unbranched alkanes of at least 4 members (excludes halogenated alkanes) is 1. The second-order valence-electron chi connectivity index (χ2n) is 8.65. The number of carbonyl (C=O) groups is 3. The Balaban J connectivity index is 0.00000588. The van der Waals surface area contributed by atoms with E-state index < -0.39 is 33.8 Å². The number of carbonyl (C=O) groups excluding carboxylic acids is 3. The van der Waals surface area contributed by atoms with Gasteiger partial charge in [0.15, 0.2) is 5.75 Å². The molecule has 0 aliphatic carbocycles. The minimum Gasteiger partial charge on any atom is -0.467 e. The number of rotatable bonds is 14. The number of esters is 1. The van der Waals surface area contributed by atoms with E-state index >= 15 is 0 Å². The highest BCUT2D eigenvalue weighted by Gasteiger charge is 2.22. The lowest BCUT2D eigenvalue weighted by molar-refractivity contribution is -0.145. The van der Waals surface area contributed by atoms with Gasteiger partial charge in [0.2, 0.25) is 5.91 Å². The van der Waals surface area contributed by atoms with Crippen molar-refractivity contribution in [3.8, 4) is 11.5 Å². The molecule has 13 heteroatoms. The Morgan fingerprint density at radius 1 is 0.902 bits per heavy atom. The van der Waals surface area contributed by atoms with Crippen LogP contribution >= 0.6 is 12.4 Å². The van der Waals surface area contributed by atoms with Crippen LogP contribution in [0.4, 0.5) is 5.69 Å². The first-order valence-corrected chi connectivity index (χ1v) is 14.0. The van der Waals surface area contributed by atoms with E-state index in [1.165, 1.54) is 31.4 Å². The molecule has 0 spiro atoms. The number of ether oxygens (including phenoxy) is 2. The van der Waals surface area contributed by atoms with Crippen LogP contribution in [0.5, 0.6) is 11.5 Å². The summed E-state index contributed by atoms with van der Waals surface area (Å²) in [4.78, 5) is 36.7. The molecule has 0 unspecified atom stereocenters. The van der Waals surface area contributed by atoms with E-state index in [1.54, 1.807) is 48.5 Å². The normalized spacial score (nSPS) is 11.4. The summed E-state index contributed by atoms with van der Waals surface area (Å²) >= 11 is 0. The molecule has 0 saturated heterocycles. The first-order chi connectivity index (χ1) is 19.2. The van der Waals surface area contributed by atoms with Crippen LogP contribution in [0.3, 0.4) is 0 Å². The maximum atomic E-state index is 13.0. The van der Waals surface area contributed by atoms with Crippen LogP contribution in [0.2, 0.25) is 0 Å². The molecule has 3 rings (SSSR count). The molecule has 0 bridgehead atoms. The van der Waals surface area contributed by atoms with E-state index in [-0.39, 0.29) is 35.1 Å². The molecule has 0 aliphatic heterocycles. The zero-order valence-corrected chi connectivity index (χ0v) is 24.0. The lowest BCUT2D eigenvalue weighted by Crippen LogP contribution is -2.46. The van der Waals surface area contributed by atoms with Gasteiger partial charge in [0.05, 0.1) is 24.2 Å². The summed E-state index contributed by atoms with van der Waals surface area (Å²) < 4.78 is 39.1. The molecule has 0 fully saturated rings. The van der Waals surface area contributed by atoms with Crippen molar-refractivity contribution in [2.24, 2.45) is 5.73 Å². The van der Waals surface area contributed by atoms with E-state index in [0.29, 0.717) is 37.3 Å². The predicted molar refractivity (Wildman–Crippen MR) is 157 cm³/mol. The highest BCUT2D eigenvalue weighted by Crippen LogP contribution is 2.30. The number of halogens is 1. The standard InChI is InChI=1S/C28H32N4O7S.ClH/c1-38-28(35)24(12-7-8-18-29)31-26(33)19-30-27(34)20-14-16-22(17-15-20)40(36,37)32-23-11-5-6-13-25(23)39-21-9-3-2-4-10-21;/h2-6,9-11,13-17,24,32H,7-8,12,18-19,29H2,1H3,(H,30,34)(H,31,33);1H/t24-;/m0./s1. The Morgan fingerprint density at radius 3 is 2.22 bits per heavy atom. The Morgan fingerprint density at radius 2 is 1.56 bits per heavy atom. The number of para-hydroxylation sites is 3. The zero-order valence-electron chi connectivity index (χ0n) is 22.4. The van der Waals surface area contributed by atoms with Crippen LogP contribution < -0.4 is 25.8 Å². The Hall–Kier alpha value is -4.13. The number of hydrogen-bond acceptors (Lipinski definition) is 8. The fraction of sp³-hybridized carbons (Fsp3) is 0.250. The lowest BCUT2D eigenvalue weighted by atomic mass is 10.1. The van der Waals surface area contributed by atoms with Crippen molar-refractivity contribution in [1.29, 1.82) is 0 Å². The Bertz CT molecular complexity index is 1400. The summed E-state index contributed by atoms with van der Waals surface area (Å²) in [5.41, 5.74) is 5.86. The first-order valence-electron chi connectivity index (χ1n) is 12.5. The van der Waals surface area contributed by atoms with Crippen molar-refractivity contribution < 1.29 is 32.3 Å². The van der Waals surface area contributed by atoms with Gasteiger partial charge in [0.25, 0.3) is 15.9 Å². The highest BCUT2D eigenvalue weighted by atomic mass is 35.5. The molecular weight excluding hydrogens is 572 g/mol. The third-order valence-electron chi connectivity index (χ3n) is 5.71. The molecule has 220 valence electrons. The van der Waals surface area contributed by atoms with Gasteiger partial charge in [-0.15, -0.1) is 12.4 Å². The lowest BCUT2D eigenvalue weighted by Gasteiger charge is -2.16. The van der Waals surface area contributed by atoms with Gasteiger partial charge in [-0.1, -0.05) is 30.3 Å². The average Bonchev–Trinajstić information content (AvgIpc) is 2.96. The molecule has 0 aliphatic rings. The minimum absolute atomic E-state index is 0. The molecule has 41 heavy (non-hydrogen) atoms. The number of hydrogen-bond donors (Lipinski definition) is 4. The van der Waals surface area contributed by atoms with Crippen LogP contribution in [0.1, 0.15) is 29.6 Å². The van der Waals surface area contributed by atoms with E-state index in [0.717, 1.165) is 0 Å². The molecule has 3 aromatic carbocycles. The first kappa shape index (κ1) is 33.1. The summed E-state index contributed by atoms with van der Waals surface area (Å²) in [5, 5.41) is 4.99. The third-order valence-corrected chi connectivity index (χ3v) is 7.09. The van der Waals surface area contributed by atoms with Crippen molar-refractivity contribution in [3.05, 3.63) is 84.4 Å². The summed E-state index contributed by atoms with van der Waals surface area (Å²) in [7, 11) is -2.78. The molecule has 3 aromatic rings. The fourth-order valence-corrected chi connectivity index (χ4v) is 4.71. The van der Waals surface area contributed by atoms with Gasteiger partial charge in [0, 0.05) is 5.56 Å². The topological polar surface area (TPSA) is 166 Å². The van der Waals surface area contributed by atoms with Gasteiger partial charge in [-0.3, -0.25) is 14.3 Å². The van der Waals surface area contributed by atoms with E-state index in [1.807, 2.05) is 6.07 Å². The number of sulfonamides is 1. The average molecular weight is 605 g/mol. The summed E-state index contributed by atoms with van der Waals surface area (Å²) in [5.74, 6) is -0.884. The molecule has 11 nitrogen and oxygen atoms in total. The zero-order chi connectivity index (χ0) is 29.0. The number of benzene rings is 3. The molecule has 0 saturated carbocycles. The van der Waals surface area contributed by atoms with Crippen molar-refractivity contribution in [2.45, 2.75) is 30.2 Å². The van der Waals surface area contributed by atoms with Gasteiger partial charge in [0.1, 0.15) is 11.8 Å². The van der Waals surface area contributed by atoms with Crippen LogP contribution in [-0.2, 0) is 24.3 Å². The van der Waals surface area contributed by atoms with Gasteiger partial charge in [-0.2, -0.15) is 0 Å². The number of amides is 2. The van der Waals surface area contributed by atoms with Crippen LogP contribution in [0.25, 0.3) is 0 Å². The molecule has 0 aromatic heterocycles. The maximum absolute atomic E-state index is 13.0. The summed E-state index contributed by atoms with van der Waals surface area (Å²) in [6.07, 6.45) is 1.67. The Kier molecular flexibility index (Phi) is 13.1. The highest BCUT2D eigenvalue weighted by molar-refractivity contribution is 7.92. The summed E-state index contributed by atoms with van der Waals surface area (Å²) in [6, 6.07) is 19.9. The molecule has 5 N–H and O–H groups in total. The second-order valence-corrected chi connectivity index (χ2v) is 10.3. The van der Waals surface area contributed by atoms with E-state index in [9.17, 15) is 22.8 Å².